The summed E-state index contributed by atoms with van der Waals surface area (Å²) in [5, 5.41) is 0.685. The summed E-state index contributed by atoms with van der Waals surface area (Å²) < 4.78 is 5.30. The molecule has 16 heavy (non-hydrogen) atoms. The number of rotatable bonds is 3. The summed E-state index contributed by atoms with van der Waals surface area (Å²) in [6.45, 7) is 3.13. The highest BCUT2D eigenvalue weighted by Crippen LogP contribution is 2.26. The molecule has 88 valence electrons. The highest BCUT2D eigenvalue weighted by Gasteiger charge is 2.15. The lowest BCUT2D eigenvalue weighted by Crippen LogP contribution is -2.37. The Morgan fingerprint density at radius 2 is 2.12 bits per heavy atom. The lowest BCUT2D eigenvalue weighted by Gasteiger charge is -2.28. The van der Waals surface area contributed by atoms with Crippen LogP contribution in [0.1, 0.15) is 5.69 Å². The molecule has 0 atom stereocenters. The molecule has 1 aromatic rings. The summed E-state index contributed by atoms with van der Waals surface area (Å²) in [5.41, 5.74) is 0.950. The van der Waals surface area contributed by atoms with Gasteiger partial charge >= 0.3 is 0 Å². The quantitative estimate of drug-likeness (QED) is 0.849. The summed E-state index contributed by atoms with van der Waals surface area (Å²) >= 11 is 6.14. The van der Waals surface area contributed by atoms with Crippen molar-refractivity contribution in [1.29, 1.82) is 0 Å². The van der Waals surface area contributed by atoms with Crippen molar-refractivity contribution in [3.63, 3.8) is 0 Å². The van der Waals surface area contributed by atoms with E-state index in [1.807, 2.05) is 12.1 Å². The monoisotopic (exact) mass is 278 g/mol. The van der Waals surface area contributed by atoms with Crippen LogP contribution in [0.15, 0.2) is 12.1 Å². The average molecular weight is 279 g/mol. The van der Waals surface area contributed by atoms with Crippen LogP contribution >= 0.6 is 33.3 Å². The van der Waals surface area contributed by atoms with Gasteiger partial charge < -0.3 is 9.64 Å². The van der Waals surface area contributed by atoms with E-state index in [9.17, 15) is 0 Å². The normalized spacial score (nSPS) is 16.5. The fourth-order valence-corrected chi connectivity index (χ4v) is 2.44. The molecule has 1 aliphatic rings. The van der Waals surface area contributed by atoms with Gasteiger partial charge in [0.25, 0.3) is 0 Å². The number of hydrogen-bond acceptors (Lipinski definition) is 4. The molecule has 2 heterocycles. The first-order valence-electron chi connectivity index (χ1n) is 5.03. The van der Waals surface area contributed by atoms with Gasteiger partial charge in [-0.2, -0.15) is 0 Å². The minimum Gasteiger partial charge on any atom is -0.378 e. The highest BCUT2D eigenvalue weighted by atomic mass is 35.7. The molecule has 1 saturated heterocycles. The van der Waals surface area contributed by atoms with Crippen molar-refractivity contribution in [2.75, 3.05) is 31.2 Å². The number of morpholine rings is 1. The zero-order chi connectivity index (χ0) is 11.4. The van der Waals surface area contributed by atoms with Crippen molar-refractivity contribution >= 4 is 39.1 Å². The molecule has 0 amide bonds. The minimum absolute atomic E-state index is 0.685. The standard InChI is InChI=1S/C10H12Cl2N2OS/c11-9-2-1-8(7-16-12)13-10(9)14-3-5-15-6-4-14/h1-2H,3-7H2. The molecule has 1 aromatic heterocycles. The van der Waals surface area contributed by atoms with Crippen molar-refractivity contribution in [3.8, 4) is 0 Å². The van der Waals surface area contributed by atoms with E-state index in [0.717, 1.165) is 37.8 Å². The summed E-state index contributed by atoms with van der Waals surface area (Å²) in [7, 11) is 6.86. The summed E-state index contributed by atoms with van der Waals surface area (Å²) in [4.78, 5) is 6.67. The Kier molecular flexibility index (Phi) is 4.58. The Morgan fingerprint density at radius 3 is 2.81 bits per heavy atom. The van der Waals surface area contributed by atoms with Gasteiger partial charge in [-0.15, -0.1) is 0 Å². The maximum atomic E-state index is 6.14. The molecule has 3 nitrogen and oxygen atoms in total. The van der Waals surface area contributed by atoms with Crippen LogP contribution < -0.4 is 4.90 Å². The Morgan fingerprint density at radius 1 is 1.38 bits per heavy atom. The molecule has 0 N–H and O–H groups in total. The van der Waals surface area contributed by atoms with Gasteiger partial charge in [-0.3, -0.25) is 0 Å². The molecule has 0 aromatic carbocycles. The SMILES string of the molecule is ClSCc1ccc(Cl)c(N2CCOCC2)n1. The van der Waals surface area contributed by atoms with Gasteiger partial charge in [-0.25, -0.2) is 4.98 Å². The minimum atomic E-state index is 0.685. The van der Waals surface area contributed by atoms with Crippen LogP contribution in [0.3, 0.4) is 0 Å². The molecule has 0 spiro atoms. The first-order chi connectivity index (χ1) is 7.81. The lowest BCUT2D eigenvalue weighted by atomic mass is 10.3. The van der Waals surface area contributed by atoms with E-state index in [4.69, 9.17) is 27.0 Å². The predicted octanol–water partition coefficient (Wildman–Crippen LogP) is 2.96. The number of anilines is 1. The van der Waals surface area contributed by atoms with Crippen molar-refractivity contribution in [2.24, 2.45) is 0 Å². The third-order valence-corrected chi connectivity index (χ3v) is 3.43. The number of pyridine rings is 1. The van der Waals surface area contributed by atoms with Crippen LogP contribution in [-0.2, 0) is 10.5 Å². The molecule has 0 aliphatic carbocycles. The van der Waals surface area contributed by atoms with Gasteiger partial charge in [0.1, 0.15) is 5.82 Å². The molecule has 0 radical (unpaired) electrons. The fraction of sp³-hybridized carbons (Fsp3) is 0.500. The predicted molar refractivity (Wildman–Crippen MR) is 69.4 cm³/mol. The van der Waals surface area contributed by atoms with Crippen LogP contribution in [0.2, 0.25) is 5.02 Å². The first kappa shape index (κ1) is 12.3. The van der Waals surface area contributed by atoms with Crippen molar-refractivity contribution in [3.05, 3.63) is 22.8 Å². The molecule has 1 aliphatic heterocycles. The topological polar surface area (TPSA) is 25.4 Å². The van der Waals surface area contributed by atoms with Crippen LogP contribution in [-0.4, -0.2) is 31.3 Å². The molecular weight excluding hydrogens is 267 g/mol. The van der Waals surface area contributed by atoms with Gasteiger partial charge in [-0.1, -0.05) is 11.6 Å². The van der Waals surface area contributed by atoms with Crippen LogP contribution in [0.5, 0.6) is 0 Å². The average Bonchev–Trinajstić information content (AvgIpc) is 2.33. The maximum absolute atomic E-state index is 6.14. The smallest absolute Gasteiger partial charge is 0.147 e. The van der Waals surface area contributed by atoms with Gasteiger partial charge in [0.15, 0.2) is 0 Å². The van der Waals surface area contributed by atoms with Crippen molar-refractivity contribution in [1.82, 2.24) is 4.98 Å². The Balaban J connectivity index is 2.19. The van der Waals surface area contributed by atoms with Gasteiger partial charge in [0, 0.05) is 13.1 Å². The van der Waals surface area contributed by atoms with Crippen LogP contribution in [0, 0.1) is 0 Å². The zero-order valence-electron chi connectivity index (χ0n) is 8.66. The highest BCUT2D eigenvalue weighted by molar-refractivity contribution is 8.20. The van der Waals surface area contributed by atoms with E-state index in [1.165, 1.54) is 11.0 Å². The fourth-order valence-electron chi connectivity index (χ4n) is 1.60. The van der Waals surface area contributed by atoms with E-state index < -0.39 is 0 Å². The van der Waals surface area contributed by atoms with Crippen LogP contribution in [0.25, 0.3) is 0 Å². The molecule has 0 unspecified atom stereocenters. The van der Waals surface area contributed by atoms with Gasteiger partial charge in [-0.05, 0) is 33.8 Å². The Labute approximate surface area is 109 Å². The second-order valence-corrected chi connectivity index (χ2v) is 5.03. The van der Waals surface area contributed by atoms with E-state index in [1.54, 1.807) is 0 Å². The largest absolute Gasteiger partial charge is 0.378 e. The van der Waals surface area contributed by atoms with E-state index in [-0.39, 0.29) is 0 Å². The maximum Gasteiger partial charge on any atom is 0.147 e. The van der Waals surface area contributed by atoms with Gasteiger partial charge in [0.2, 0.25) is 0 Å². The molecule has 1 fully saturated rings. The summed E-state index contributed by atoms with van der Waals surface area (Å²) in [5.74, 6) is 1.53. The number of halogens is 2. The van der Waals surface area contributed by atoms with E-state index in [2.05, 4.69) is 9.88 Å². The zero-order valence-corrected chi connectivity index (χ0v) is 11.0. The number of hydrogen-bond donors (Lipinski definition) is 0. The van der Waals surface area contributed by atoms with E-state index >= 15 is 0 Å². The van der Waals surface area contributed by atoms with E-state index in [0.29, 0.717) is 10.8 Å². The van der Waals surface area contributed by atoms with Crippen LogP contribution in [0.4, 0.5) is 5.82 Å². The molecular formula is C10H12Cl2N2OS. The Bertz CT molecular complexity index is 359. The second-order valence-electron chi connectivity index (χ2n) is 3.46. The van der Waals surface area contributed by atoms with Crippen molar-refractivity contribution < 1.29 is 4.74 Å². The number of nitrogens with zero attached hydrogens (tertiary/aromatic N) is 2. The summed E-state index contributed by atoms with van der Waals surface area (Å²) in [6.07, 6.45) is 0. The molecule has 6 heteroatoms. The Hall–Kier alpha value is -0.160. The number of ether oxygens (including phenoxy) is 1. The second kappa shape index (κ2) is 5.96. The third-order valence-electron chi connectivity index (χ3n) is 2.40. The molecule has 2 rings (SSSR count). The first-order valence-corrected chi connectivity index (χ1v) is 7.22. The number of aromatic nitrogens is 1. The molecule has 0 saturated carbocycles. The third kappa shape index (κ3) is 2.94. The van der Waals surface area contributed by atoms with Crippen molar-refractivity contribution in [2.45, 2.75) is 5.75 Å². The van der Waals surface area contributed by atoms with Gasteiger partial charge in [0.05, 0.1) is 29.7 Å². The summed E-state index contributed by atoms with van der Waals surface area (Å²) in [6, 6.07) is 3.78. The molecule has 0 bridgehead atoms. The lowest BCUT2D eigenvalue weighted by molar-refractivity contribution is 0.122.